The first-order valence-electron chi connectivity index (χ1n) is 6.38. The first-order valence-corrected chi connectivity index (χ1v) is 8.02. The van der Waals surface area contributed by atoms with E-state index in [1.165, 1.54) is 16.2 Å². The van der Waals surface area contributed by atoms with Gasteiger partial charge in [-0.2, -0.15) is 0 Å². The van der Waals surface area contributed by atoms with Crippen molar-refractivity contribution in [2.24, 2.45) is 0 Å². The molecule has 2 aromatic rings. The monoisotopic (exact) mass is 308 g/mol. The Balaban J connectivity index is 2.42. The van der Waals surface area contributed by atoms with Crippen LogP contribution in [0.2, 0.25) is 0 Å². The molecule has 0 fully saturated rings. The molecule has 4 nitrogen and oxygen atoms in total. The first kappa shape index (κ1) is 14.9. The van der Waals surface area contributed by atoms with E-state index in [4.69, 9.17) is 4.74 Å². The van der Waals surface area contributed by atoms with Crippen molar-refractivity contribution in [3.8, 4) is 10.0 Å². The molecule has 0 radical (unpaired) electrons. The molecule has 0 saturated heterocycles. The molecule has 0 spiro atoms. The van der Waals surface area contributed by atoms with Gasteiger partial charge in [0.05, 0.1) is 17.6 Å². The third kappa shape index (κ3) is 2.81. The molecule has 6 heteroatoms. The Kier molecular flexibility index (Phi) is 4.67. The third-order valence-electron chi connectivity index (χ3n) is 2.82. The molecule has 0 atom stereocenters. The summed E-state index contributed by atoms with van der Waals surface area (Å²) in [5.74, 6) is -0.399. The number of aryl methyl sites for hydroxylation is 3. The van der Waals surface area contributed by atoms with Gasteiger partial charge in [-0.25, -0.2) is 14.8 Å². The zero-order valence-electron chi connectivity index (χ0n) is 11.7. The molecule has 2 aromatic heterocycles. The molecular formula is C14H16N2O2S2. The average Bonchev–Trinajstić information content (AvgIpc) is 3.02. The lowest BCUT2D eigenvalue weighted by Crippen LogP contribution is -2.01. The molecule has 2 rings (SSSR count). The minimum atomic E-state index is -0.399. The fourth-order valence-electron chi connectivity index (χ4n) is 1.82. The van der Waals surface area contributed by atoms with Crippen molar-refractivity contribution in [3.05, 3.63) is 34.0 Å². The number of thiazole rings is 2. The van der Waals surface area contributed by atoms with Crippen LogP contribution in [0.3, 0.4) is 0 Å². The van der Waals surface area contributed by atoms with Crippen LogP contribution >= 0.6 is 22.7 Å². The van der Waals surface area contributed by atoms with E-state index < -0.39 is 5.97 Å². The lowest BCUT2D eigenvalue weighted by molar-refractivity contribution is 0.0668. The van der Waals surface area contributed by atoms with Gasteiger partial charge in [-0.3, -0.25) is 0 Å². The Morgan fingerprint density at radius 1 is 1.20 bits per heavy atom. The second-order valence-electron chi connectivity index (χ2n) is 4.10. The van der Waals surface area contributed by atoms with Crippen molar-refractivity contribution in [3.63, 3.8) is 0 Å². The molecule has 106 valence electrons. The van der Waals surface area contributed by atoms with E-state index in [9.17, 15) is 4.79 Å². The summed E-state index contributed by atoms with van der Waals surface area (Å²) in [7, 11) is 0. The van der Waals surface area contributed by atoms with E-state index in [-0.39, 0.29) is 0 Å². The standard InChI is InChI=1S/C14H16N2O2S2/c1-5-9-8(4)19-12(15-9)13-16-10(6-2)11(20-13)14(17)18-7-3/h7H,3,5-6H2,1-2,4H3. The maximum atomic E-state index is 11.9. The van der Waals surface area contributed by atoms with Crippen LogP contribution in [0, 0.1) is 6.92 Å². The van der Waals surface area contributed by atoms with Crippen LogP contribution in [0.15, 0.2) is 12.8 Å². The molecular weight excluding hydrogens is 292 g/mol. The fourth-order valence-corrected chi connectivity index (χ4v) is 3.88. The number of nitrogens with zero attached hydrogens (tertiary/aromatic N) is 2. The molecule has 0 aromatic carbocycles. The number of rotatable bonds is 5. The quantitative estimate of drug-likeness (QED) is 0.619. The number of carbonyl (C=O) groups is 1. The highest BCUT2D eigenvalue weighted by molar-refractivity contribution is 7.22. The highest BCUT2D eigenvalue weighted by Crippen LogP contribution is 2.33. The summed E-state index contributed by atoms with van der Waals surface area (Å²) in [6, 6.07) is 0. The van der Waals surface area contributed by atoms with Crippen molar-refractivity contribution < 1.29 is 9.53 Å². The lowest BCUT2D eigenvalue weighted by atomic mass is 10.3. The largest absolute Gasteiger partial charge is 0.431 e. The molecule has 0 N–H and O–H groups in total. The Labute approximate surface area is 126 Å². The van der Waals surface area contributed by atoms with Crippen LogP contribution in [0.1, 0.15) is 39.8 Å². The second kappa shape index (κ2) is 6.28. The molecule has 20 heavy (non-hydrogen) atoms. The summed E-state index contributed by atoms with van der Waals surface area (Å²) >= 11 is 2.95. The van der Waals surface area contributed by atoms with Gasteiger partial charge in [0.1, 0.15) is 4.88 Å². The molecule has 2 heterocycles. The van der Waals surface area contributed by atoms with E-state index in [1.807, 2.05) is 6.92 Å². The lowest BCUT2D eigenvalue weighted by Gasteiger charge is -1.96. The van der Waals surface area contributed by atoms with Crippen molar-refractivity contribution in [1.29, 1.82) is 0 Å². The van der Waals surface area contributed by atoms with Gasteiger partial charge in [0.25, 0.3) is 0 Å². The number of aromatic nitrogens is 2. The Hall–Kier alpha value is -1.53. The normalized spacial score (nSPS) is 10.6. The summed E-state index contributed by atoms with van der Waals surface area (Å²) < 4.78 is 4.85. The summed E-state index contributed by atoms with van der Waals surface area (Å²) in [6.07, 6.45) is 2.73. The van der Waals surface area contributed by atoms with Crippen LogP contribution < -0.4 is 0 Å². The maximum Gasteiger partial charge on any atom is 0.355 e. The molecule has 0 bridgehead atoms. The zero-order chi connectivity index (χ0) is 14.7. The third-order valence-corrected chi connectivity index (χ3v) is 5.05. The smallest absolute Gasteiger partial charge is 0.355 e. The summed E-state index contributed by atoms with van der Waals surface area (Å²) in [6.45, 7) is 9.51. The molecule has 0 unspecified atom stereocenters. The minimum Gasteiger partial charge on any atom is -0.431 e. The van der Waals surface area contributed by atoms with E-state index in [1.54, 1.807) is 11.3 Å². The highest BCUT2D eigenvalue weighted by atomic mass is 32.1. The maximum absolute atomic E-state index is 11.9. The number of hydrogen-bond donors (Lipinski definition) is 0. The Bertz CT molecular complexity index is 644. The van der Waals surface area contributed by atoms with E-state index >= 15 is 0 Å². The van der Waals surface area contributed by atoms with Gasteiger partial charge >= 0.3 is 5.97 Å². The number of carbonyl (C=O) groups excluding carboxylic acids is 1. The summed E-state index contributed by atoms with van der Waals surface area (Å²) in [5.41, 5.74) is 1.84. The predicted octanol–water partition coefficient (Wildman–Crippen LogP) is 4.00. The zero-order valence-corrected chi connectivity index (χ0v) is 13.4. The van der Waals surface area contributed by atoms with Crippen LogP contribution in [-0.4, -0.2) is 15.9 Å². The van der Waals surface area contributed by atoms with E-state index in [2.05, 4.69) is 30.4 Å². The van der Waals surface area contributed by atoms with Gasteiger partial charge < -0.3 is 4.74 Å². The Morgan fingerprint density at radius 2 is 1.80 bits per heavy atom. The van der Waals surface area contributed by atoms with Crippen LogP contribution in [0.4, 0.5) is 0 Å². The van der Waals surface area contributed by atoms with Crippen molar-refractivity contribution in [2.75, 3.05) is 0 Å². The predicted molar refractivity (Wildman–Crippen MR) is 82.3 cm³/mol. The number of esters is 1. The molecule has 0 amide bonds. The number of ether oxygens (including phenoxy) is 1. The van der Waals surface area contributed by atoms with Crippen molar-refractivity contribution in [2.45, 2.75) is 33.6 Å². The summed E-state index contributed by atoms with van der Waals surface area (Å²) in [5, 5.41) is 1.65. The molecule has 0 saturated carbocycles. The van der Waals surface area contributed by atoms with Crippen LogP contribution in [-0.2, 0) is 17.6 Å². The molecule has 0 aliphatic rings. The van der Waals surface area contributed by atoms with Gasteiger partial charge in [-0.15, -0.1) is 22.7 Å². The van der Waals surface area contributed by atoms with E-state index in [0.29, 0.717) is 11.3 Å². The SMILES string of the molecule is C=COC(=O)c1sc(-c2nc(CC)c(C)s2)nc1CC. The fraction of sp³-hybridized carbons (Fsp3) is 0.357. The molecule has 0 aliphatic heterocycles. The average molecular weight is 308 g/mol. The van der Waals surface area contributed by atoms with Gasteiger partial charge in [0.15, 0.2) is 10.0 Å². The second-order valence-corrected chi connectivity index (χ2v) is 6.30. The highest BCUT2D eigenvalue weighted by Gasteiger charge is 2.20. The summed E-state index contributed by atoms with van der Waals surface area (Å²) in [4.78, 5) is 22.7. The van der Waals surface area contributed by atoms with Gasteiger partial charge in [0.2, 0.25) is 0 Å². The van der Waals surface area contributed by atoms with Crippen molar-refractivity contribution in [1.82, 2.24) is 9.97 Å². The van der Waals surface area contributed by atoms with Crippen LogP contribution in [0.25, 0.3) is 10.0 Å². The van der Waals surface area contributed by atoms with Gasteiger partial charge in [-0.05, 0) is 19.8 Å². The van der Waals surface area contributed by atoms with E-state index in [0.717, 1.165) is 34.1 Å². The first-order chi connectivity index (χ1) is 9.60. The topological polar surface area (TPSA) is 52.1 Å². The Morgan fingerprint density at radius 3 is 2.35 bits per heavy atom. The molecule has 0 aliphatic carbocycles. The van der Waals surface area contributed by atoms with Crippen LogP contribution in [0.5, 0.6) is 0 Å². The van der Waals surface area contributed by atoms with Gasteiger partial charge in [-0.1, -0.05) is 20.4 Å². The minimum absolute atomic E-state index is 0.399. The van der Waals surface area contributed by atoms with Gasteiger partial charge in [0, 0.05) is 4.88 Å². The number of hydrogen-bond acceptors (Lipinski definition) is 6. The van der Waals surface area contributed by atoms with Crippen molar-refractivity contribution >= 4 is 28.6 Å².